The Bertz CT molecular complexity index is 918. The van der Waals surface area contributed by atoms with E-state index in [2.05, 4.69) is 54.1 Å². The number of carbonyl (C=O) groups is 1. The number of carbonyl (C=O) groups excluding carboxylic acids is 1. The van der Waals surface area contributed by atoms with Crippen LogP contribution in [0.25, 0.3) is 10.2 Å². The number of nitrogens with one attached hydrogen (secondary N) is 1. The Hall–Kier alpha value is -2.11. The summed E-state index contributed by atoms with van der Waals surface area (Å²) in [5.74, 6) is -0.0198. The van der Waals surface area contributed by atoms with Crippen molar-refractivity contribution in [2.75, 3.05) is 13.2 Å². The first kappa shape index (κ1) is 17.3. The summed E-state index contributed by atoms with van der Waals surface area (Å²) in [4.78, 5) is 14.1. The SMILES string of the molecule is Cc1ccc(Cn2c(C(=O)NC[C@H]3CCCO3)cc3sc(C)cc32)cc1. The van der Waals surface area contributed by atoms with Crippen molar-refractivity contribution in [3.8, 4) is 0 Å². The molecule has 1 saturated heterocycles. The summed E-state index contributed by atoms with van der Waals surface area (Å²) in [7, 11) is 0. The molecule has 0 radical (unpaired) electrons. The van der Waals surface area contributed by atoms with Gasteiger partial charge >= 0.3 is 0 Å². The molecule has 5 heteroatoms. The van der Waals surface area contributed by atoms with Crippen LogP contribution in [-0.2, 0) is 11.3 Å². The van der Waals surface area contributed by atoms with Crippen molar-refractivity contribution in [3.63, 3.8) is 0 Å². The Morgan fingerprint density at radius 1 is 1.27 bits per heavy atom. The Kier molecular flexibility index (Phi) is 4.83. The number of hydrogen-bond donors (Lipinski definition) is 1. The van der Waals surface area contributed by atoms with E-state index in [9.17, 15) is 4.79 Å². The topological polar surface area (TPSA) is 43.3 Å². The van der Waals surface area contributed by atoms with E-state index in [1.165, 1.54) is 16.0 Å². The molecule has 136 valence electrons. The lowest BCUT2D eigenvalue weighted by Crippen LogP contribution is -2.33. The summed E-state index contributed by atoms with van der Waals surface area (Å²) in [5, 5.41) is 3.06. The summed E-state index contributed by atoms with van der Waals surface area (Å²) in [6.45, 7) is 6.28. The number of nitrogens with zero attached hydrogens (tertiary/aromatic N) is 1. The number of fused-ring (bicyclic) bond motifs is 1. The Morgan fingerprint density at radius 2 is 2.08 bits per heavy atom. The van der Waals surface area contributed by atoms with E-state index in [0.29, 0.717) is 13.1 Å². The van der Waals surface area contributed by atoms with Crippen LogP contribution >= 0.6 is 11.3 Å². The van der Waals surface area contributed by atoms with Crippen molar-refractivity contribution in [1.29, 1.82) is 0 Å². The number of amides is 1. The normalized spacial score (nSPS) is 17.1. The third kappa shape index (κ3) is 3.55. The molecule has 0 saturated carbocycles. The van der Waals surface area contributed by atoms with Gasteiger partial charge in [0.15, 0.2) is 0 Å². The summed E-state index contributed by atoms with van der Waals surface area (Å²) < 4.78 is 8.91. The van der Waals surface area contributed by atoms with Crippen molar-refractivity contribution < 1.29 is 9.53 Å². The molecule has 1 N–H and O–H groups in total. The maximum Gasteiger partial charge on any atom is 0.268 e. The van der Waals surface area contributed by atoms with Gasteiger partial charge in [0, 0.05) is 24.6 Å². The lowest BCUT2D eigenvalue weighted by molar-refractivity contribution is 0.0851. The average molecular weight is 369 g/mol. The highest BCUT2D eigenvalue weighted by Crippen LogP contribution is 2.29. The second-order valence-corrected chi connectivity index (χ2v) is 8.34. The van der Waals surface area contributed by atoms with Gasteiger partial charge in [0.25, 0.3) is 5.91 Å². The Morgan fingerprint density at radius 3 is 2.81 bits per heavy atom. The molecule has 3 aromatic rings. The number of aryl methyl sites for hydroxylation is 2. The number of hydrogen-bond acceptors (Lipinski definition) is 3. The van der Waals surface area contributed by atoms with Crippen LogP contribution in [0.15, 0.2) is 36.4 Å². The molecule has 1 fully saturated rings. The second-order valence-electron chi connectivity index (χ2n) is 7.05. The monoisotopic (exact) mass is 368 g/mol. The van der Waals surface area contributed by atoms with Crippen molar-refractivity contribution in [2.45, 2.75) is 39.3 Å². The molecular weight excluding hydrogens is 344 g/mol. The van der Waals surface area contributed by atoms with E-state index >= 15 is 0 Å². The maximum absolute atomic E-state index is 12.8. The second kappa shape index (κ2) is 7.25. The zero-order valence-corrected chi connectivity index (χ0v) is 16.1. The zero-order chi connectivity index (χ0) is 18.1. The van der Waals surface area contributed by atoms with Gasteiger partial charge in [0.05, 0.1) is 16.3 Å². The molecule has 0 unspecified atom stereocenters. The zero-order valence-electron chi connectivity index (χ0n) is 15.2. The van der Waals surface area contributed by atoms with E-state index in [-0.39, 0.29) is 12.0 Å². The van der Waals surface area contributed by atoms with Gasteiger partial charge < -0.3 is 14.6 Å². The molecule has 0 spiro atoms. The number of aromatic nitrogens is 1. The van der Waals surface area contributed by atoms with Gasteiger partial charge in [-0.05, 0) is 44.4 Å². The van der Waals surface area contributed by atoms with Crippen molar-refractivity contribution in [3.05, 3.63) is 58.1 Å². The fourth-order valence-corrected chi connectivity index (χ4v) is 4.46. The van der Waals surface area contributed by atoms with Crippen molar-refractivity contribution in [1.82, 2.24) is 9.88 Å². The first-order valence-electron chi connectivity index (χ1n) is 9.15. The van der Waals surface area contributed by atoms with Crippen LogP contribution in [-0.4, -0.2) is 29.7 Å². The molecule has 1 aliphatic rings. The number of rotatable bonds is 5. The first-order chi connectivity index (χ1) is 12.6. The largest absolute Gasteiger partial charge is 0.376 e. The molecule has 1 aliphatic heterocycles. The summed E-state index contributed by atoms with van der Waals surface area (Å²) in [6, 6.07) is 12.7. The van der Waals surface area contributed by atoms with Gasteiger partial charge in [-0.2, -0.15) is 0 Å². The molecule has 4 rings (SSSR count). The lowest BCUT2D eigenvalue weighted by Gasteiger charge is -2.13. The smallest absolute Gasteiger partial charge is 0.268 e. The fourth-order valence-electron chi connectivity index (χ4n) is 3.50. The lowest BCUT2D eigenvalue weighted by atomic mass is 10.1. The Balaban J connectivity index is 1.61. The van der Waals surface area contributed by atoms with Crippen LogP contribution in [0.3, 0.4) is 0 Å². The van der Waals surface area contributed by atoms with Crippen molar-refractivity contribution >= 4 is 27.5 Å². The van der Waals surface area contributed by atoms with Gasteiger partial charge in [-0.15, -0.1) is 11.3 Å². The highest BCUT2D eigenvalue weighted by atomic mass is 32.1. The molecule has 1 atom stereocenters. The summed E-state index contributed by atoms with van der Waals surface area (Å²) >= 11 is 1.74. The first-order valence-corrected chi connectivity index (χ1v) is 9.97. The van der Waals surface area contributed by atoms with Crippen molar-refractivity contribution in [2.24, 2.45) is 0 Å². The summed E-state index contributed by atoms with van der Waals surface area (Å²) in [6.07, 6.45) is 2.26. The van der Waals surface area contributed by atoms with Crippen LogP contribution in [0.5, 0.6) is 0 Å². The van der Waals surface area contributed by atoms with Crippen LogP contribution in [0.1, 0.15) is 39.3 Å². The van der Waals surface area contributed by atoms with Crippen LogP contribution < -0.4 is 5.32 Å². The van der Waals surface area contributed by atoms with E-state index in [1.807, 2.05) is 6.07 Å². The van der Waals surface area contributed by atoms with Gasteiger partial charge in [-0.25, -0.2) is 0 Å². The van der Waals surface area contributed by atoms with Crippen LogP contribution in [0.2, 0.25) is 0 Å². The van der Waals surface area contributed by atoms with Crippen LogP contribution in [0.4, 0.5) is 0 Å². The minimum Gasteiger partial charge on any atom is -0.376 e. The molecule has 0 aliphatic carbocycles. The molecule has 3 heterocycles. The quantitative estimate of drug-likeness (QED) is 0.731. The molecule has 4 nitrogen and oxygen atoms in total. The minimum absolute atomic E-state index is 0.0198. The minimum atomic E-state index is -0.0198. The Labute approximate surface area is 157 Å². The van der Waals surface area contributed by atoms with E-state index in [4.69, 9.17) is 4.74 Å². The third-order valence-electron chi connectivity index (χ3n) is 4.92. The molecule has 1 amide bonds. The predicted octanol–water partition coefficient (Wildman–Crippen LogP) is 4.28. The van der Waals surface area contributed by atoms with E-state index in [1.54, 1.807) is 11.3 Å². The predicted molar refractivity (Wildman–Crippen MR) is 106 cm³/mol. The molecule has 0 bridgehead atoms. The highest BCUT2D eigenvalue weighted by molar-refractivity contribution is 7.19. The van der Waals surface area contributed by atoms with Gasteiger partial charge in [0.1, 0.15) is 5.69 Å². The maximum atomic E-state index is 12.8. The van der Waals surface area contributed by atoms with E-state index < -0.39 is 0 Å². The summed E-state index contributed by atoms with van der Waals surface area (Å²) in [5.41, 5.74) is 4.30. The molecule has 1 aromatic carbocycles. The van der Waals surface area contributed by atoms with Gasteiger partial charge in [-0.1, -0.05) is 29.8 Å². The molecular formula is C21H24N2O2S. The van der Waals surface area contributed by atoms with Gasteiger partial charge in [-0.3, -0.25) is 4.79 Å². The number of ether oxygens (including phenoxy) is 1. The standard InChI is InChI=1S/C21H24N2O2S/c1-14-5-7-16(8-6-14)13-23-18-10-15(2)26-20(18)11-19(23)21(24)22-12-17-4-3-9-25-17/h5-8,10-11,17H,3-4,9,12-13H2,1-2H3,(H,22,24)/t17-/m1/s1. The van der Waals surface area contributed by atoms with Gasteiger partial charge in [0.2, 0.25) is 0 Å². The number of benzene rings is 1. The highest BCUT2D eigenvalue weighted by Gasteiger charge is 2.20. The fraction of sp³-hybridized carbons (Fsp3) is 0.381. The number of thiophene rings is 1. The van der Waals surface area contributed by atoms with Crippen LogP contribution in [0, 0.1) is 13.8 Å². The van der Waals surface area contributed by atoms with E-state index in [0.717, 1.165) is 35.4 Å². The average Bonchev–Trinajstić information content (AvgIpc) is 3.32. The third-order valence-corrected chi connectivity index (χ3v) is 5.91. The molecule has 2 aromatic heterocycles. The molecule has 26 heavy (non-hydrogen) atoms.